The number of hydrogen-bond acceptors (Lipinski definition) is 3. The Kier molecular flexibility index (Phi) is 2.52. The molecule has 2 aromatic rings. The van der Waals surface area contributed by atoms with Crippen molar-refractivity contribution in [1.82, 2.24) is 0 Å². The van der Waals surface area contributed by atoms with Gasteiger partial charge in [-0.3, -0.25) is 4.99 Å². The third-order valence-corrected chi connectivity index (χ3v) is 3.94. The van der Waals surface area contributed by atoms with Crippen molar-refractivity contribution in [3.8, 4) is 11.5 Å². The maximum absolute atomic E-state index is 5.48. The van der Waals surface area contributed by atoms with E-state index in [1.54, 1.807) is 0 Å². The van der Waals surface area contributed by atoms with Crippen molar-refractivity contribution in [3.05, 3.63) is 59.2 Å². The maximum Gasteiger partial charge on any atom is 0.231 e. The van der Waals surface area contributed by atoms with Gasteiger partial charge in [0, 0.05) is 11.3 Å². The van der Waals surface area contributed by atoms with Gasteiger partial charge in [-0.25, -0.2) is 0 Å². The van der Waals surface area contributed by atoms with Crippen molar-refractivity contribution in [2.45, 2.75) is 19.4 Å². The van der Waals surface area contributed by atoms with Gasteiger partial charge in [-0.2, -0.15) is 0 Å². The quantitative estimate of drug-likeness (QED) is 0.789. The fourth-order valence-electron chi connectivity index (χ4n) is 2.91. The minimum Gasteiger partial charge on any atom is -0.454 e. The molecule has 0 fully saturated rings. The van der Waals surface area contributed by atoms with Gasteiger partial charge in [-0.05, 0) is 36.6 Å². The van der Waals surface area contributed by atoms with Gasteiger partial charge >= 0.3 is 0 Å². The van der Waals surface area contributed by atoms with Crippen LogP contribution >= 0.6 is 0 Å². The highest BCUT2D eigenvalue weighted by Gasteiger charge is 2.24. The molecular weight excluding hydrogens is 250 g/mol. The molecule has 3 nitrogen and oxygen atoms in total. The summed E-state index contributed by atoms with van der Waals surface area (Å²) in [6.07, 6.45) is 0.910. The Bertz CT molecular complexity index is 692. The van der Waals surface area contributed by atoms with E-state index in [4.69, 9.17) is 14.5 Å². The number of benzene rings is 2. The Morgan fingerprint density at radius 3 is 2.60 bits per heavy atom. The first-order valence-electron chi connectivity index (χ1n) is 6.83. The summed E-state index contributed by atoms with van der Waals surface area (Å²) in [6, 6.07) is 14.8. The second kappa shape index (κ2) is 4.37. The molecule has 0 amide bonds. The molecule has 0 aliphatic carbocycles. The van der Waals surface area contributed by atoms with Crippen molar-refractivity contribution in [2.24, 2.45) is 4.99 Å². The smallest absolute Gasteiger partial charge is 0.231 e. The topological polar surface area (TPSA) is 30.8 Å². The molecule has 0 radical (unpaired) electrons. The molecule has 1 atom stereocenters. The van der Waals surface area contributed by atoms with Crippen LogP contribution in [-0.2, 0) is 6.42 Å². The Balaban J connectivity index is 1.77. The fraction of sp³-hybridized carbons (Fsp3) is 0.235. The molecule has 2 aliphatic rings. The summed E-state index contributed by atoms with van der Waals surface area (Å²) < 4.78 is 10.9. The maximum atomic E-state index is 5.48. The molecule has 100 valence electrons. The molecular formula is C17H15NO2. The van der Waals surface area contributed by atoms with Gasteiger partial charge in [0.25, 0.3) is 0 Å². The van der Waals surface area contributed by atoms with Crippen molar-refractivity contribution in [1.29, 1.82) is 0 Å². The predicted molar refractivity (Wildman–Crippen MR) is 77.7 cm³/mol. The average molecular weight is 265 g/mol. The molecule has 0 saturated carbocycles. The highest BCUT2D eigenvalue weighted by Crippen LogP contribution is 2.39. The third-order valence-electron chi connectivity index (χ3n) is 3.94. The summed E-state index contributed by atoms with van der Waals surface area (Å²) in [5.41, 5.74) is 4.80. The van der Waals surface area contributed by atoms with Gasteiger partial charge in [-0.1, -0.05) is 30.3 Å². The lowest BCUT2D eigenvalue weighted by Crippen LogP contribution is -2.14. The molecule has 2 aliphatic heterocycles. The molecule has 1 unspecified atom stereocenters. The van der Waals surface area contributed by atoms with Crippen LogP contribution in [0.3, 0.4) is 0 Å². The van der Waals surface area contributed by atoms with Gasteiger partial charge in [0.2, 0.25) is 6.79 Å². The zero-order valence-corrected chi connectivity index (χ0v) is 11.3. The Morgan fingerprint density at radius 2 is 1.80 bits per heavy atom. The summed E-state index contributed by atoms with van der Waals surface area (Å²) in [7, 11) is 0. The summed E-state index contributed by atoms with van der Waals surface area (Å²) in [6.45, 7) is 2.38. The van der Waals surface area contributed by atoms with E-state index in [1.807, 2.05) is 6.07 Å². The molecule has 2 aromatic carbocycles. The molecule has 0 aromatic heterocycles. The van der Waals surface area contributed by atoms with Gasteiger partial charge < -0.3 is 9.47 Å². The zero-order valence-electron chi connectivity index (χ0n) is 11.3. The van der Waals surface area contributed by atoms with E-state index in [1.165, 1.54) is 16.7 Å². The van der Waals surface area contributed by atoms with Crippen molar-refractivity contribution >= 4 is 5.71 Å². The molecule has 2 heterocycles. The van der Waals surface area contributed by atoms with Gasteiger partial charge in [0.05, 0.1) is 6.04 Å². The van der Waals surface area contributed by atoms with E-state index in [2.05, 4.69) is 43.3 Å². The van der Waals surface area contributed by atoms with Gasteiger partial charge in [0.1, 0.15) is 0 Å². The summed E-state index contributed by atoms with van der Waals surface area (Å²) in [4.78, 5) is 4.84. The van der Waals surface area contributed by atoms with Crippen molar-refractivity contribution < 1.29 is 9.47 Å². The van der Waals surface area contributed by atoms with Crippen LogP contribution < -0.4 is 9.47 Å². The minimum atomic E-state index is 0.198. The first-order chi connectivity index (χ1) is 9.81. The van der Waals surface area contributed by atoms with E-state index in [0.717, 1.165) is 23.6 Å². The molecule has 3 heteroatoms. The fourth-order valence-corrected chi connectivity index (χ4v) is 2.91. The minimum absolute atomic E-state index is 0.198. The second-order valence-electron chi connectivity index (χ2n) is 5.21. The lowest BCUT2D eigenvalue weighted by atomic mass is 9.90. The van der Waals surface area contributed by atoms with Crippen LogP contribution in [0.25, 0.3) is 0 Å². The first kappa shape index (κ1) is 11.5. The van der Waals surface area contributed by atoms with Crippen LogP contribution in [0.2, 0.25) is 0 Å². The molecule has 20 heavy (non-hydrogen) atoms. The lowest BCUT2D eigenvalue weighted by molar-refractivity contribution is 0.174. The van der Waals surface area contributed by atoms with E-state index in [9.17, 15) is 0 Å². The van der Waals surface area contributed by atoms with Gasteiger partial charge in [0.15, 0.2) is 11.5 Å². The van der Waals surface area contributed by atoms with Crippen LogP contribution in [0.15, 0.2) is 47.5 Å². The Hall–Kier alpha value is -2.29. The summed E-state index contributed by atoms with van der Waals surface area (Å²) in [5, 5.41) is 0. The largest absolute Gasteiger partial charge is 0.454 e. The molecule has 4 rings (SSSR count). The summed E-state index contributed by atoms with van der Waals surface area (Å²) >= 11 is 0. The van der Waals surface area contributed by atoms with Crippen LogP contribution in [0.5, 0.6) is 11.5 Å². The van der Waals surface area contributed by atoms with Crippen LogP contribution in [-0.4, -0.2) is 12.5 Å². The number of fused-ring (bicyclic) bond motifs is 2. The average Bonchev–Trinajstić information content (AvgIpc) is 2.93. The molecule has 0 spiro atoms. The van der Waals surface area contributed by atoms with Crippen molar-refractivity contribution in [2.75, 3.05) is 6.79 Å². The number of ether oxygens (including phenoxy) is 2. The van der Waals surface area contributed by atoms with E-state index < -0.39 is 0 Å². The lowest BCUT2D eigenvalue weighted by Gasteiger charge is -2.22. The summed E-state index contributed by atoms with van der Waals surface area (Å²) in [5.74, 6) is 1.68. The number of aliphatic imine (C=N–C) groups is 1. The first-order valence-corrected chi connectivity index (χ1v) is 6.83. The molecule has 0 bridgehead atoms. The standard InChI is InChI=1S/C17H15NO2/c1-11-14-9-17-16(19-10-20-17)8-13(14)7-15(18-11)12-5-3-2-4-6-12/h2-6,8-9,15H,7,10H2,1H3. The van der Waals surface area contributed by atoms with Crippen LogP contribution in [0.1, 0.15) is 29.7 Å². The number of nitrogens with zero attached hydrogens (tertiary/aromatic N) is 1. The SMILES string of the molecule is CC1=NC(c2ccccc2)Cc2cc3c(cc21)OCO3. The Labute approximate surface area is 117 Å². The van der Waals surface area contributed by atoms with Crippen LogP contribution in [0.4, 0.5) is 0 Å². The predicted octanol–water partition coefficient (Wildman–Crippen LogP) is 3.52. The van der Waals surface area contributed by atoms with E-state index in [-0.39, 0.29) is 6.04 Å². The Morgan fingerprint density at radius 1 is 1.05 bits per heavy atom. The molecule has 0 N–H and O–H groups in total. The second-order valence-corrected chi connectivity index (χ2v) is 5.21. The third kappa shape index (κ3) is 1.78. The van der Waals surface area contributed by atoms with Crippen LogP contribution in [0, 0.1) is 0 Å². The zero-order chi connectivity index (χ0) is 13.5. The van der Waals surface area contributed by atoms with Gasteiger partial charge in [-0.15, -0.1) is 0 Å². The highest BCUT2D eigenvalue weighted by molar-refractivity contribution is 6.01. The number of hydrogen-bond donors (Lipinski definition) is 0. The van der Waals surface area contributed by atoms with E-state index in [0.29, 0.717) is 6.79 Å². The van der Waals surface area contributed by atoms with Crippen molar-refractivity contribution in [3.63, 3.8) is 0 Å². The normalized spacial score (nSPS) is 19.4. The molecule has 0 saturated heterocycles. The van der Waals surface area contributed by atoms with E-state index >= 15 is 0 Å². The number of rotatable bonds is 1. The monoisotopic (exact) mass is 265 g/mol. The highest BCUT2D eigenvalue weighted by atomic mass is 16.7.